The van der Waals surface area contributed by atoms with Gasteiger partial charge in [0.15, 0.2) is 0 Å². The van der Waals surface area contributed by atoms with Gasteiger partial charge < -0.3 is 5.73 Å². The zero-order chi connectivity index (χ0) is 4.41. The maximum atomic E-state index is 5.39. The van der Waals surface area contributed by atoms with Crippen molar-refractivity contribution in [2.24, 2.45) is 5.73 Å². The zero-order valence-electron chi connectivity index (χ0n) is 3.59. The molecule has 1 heteroatoms. The van der Waals surface area contributed by atoms with Gasteiger partial charge in [-0.05, 0) is 12.8 Å². The monoisotopic (exact) mass is 82.1 g/mol. The van der Waals surface area contributed by atoms with Gasteiger partial charge in [-0.15, -0.1) is 0 Å². The van der Waals surface area contributed by atoms with Crippen molar-refractivity contribution in [1.82, 2.24) is 0 Å². The fourth-order valence-corrected chi connectivity index (χ4v) is 0.550. The molecule has 0 spiro atoms. The lowest BCUT2D eigenvalue weighted by Gasteiger charge is -1.90. The number of hydrogen-bond donors (Lipinski definition) is 1. The maximum absolute atomic E-state index is 5.39. The van der Waals surface area contributed by atoms with Gasteiger partial charge in [0.1, 0.15) is 0 Å². The molecule has 0 bridgehead atoms. The summed E-state index contributed by atoms with van der Waals surface area (Å²) in [5.74, 6) is 0. The average molecular weight is 82.1 g/mol. The van der Waals surface area contributed by atoms with Crippen LogP contribution in [0.1, 0.15) is 6.42 Å². The Morgan fingerprint density at radius 1 is 1.67 bits per heavy atom. The second-order valence-electron chi connectivity index (χ2n) is 1.48. The summed E-state index contributed by atoms with van der Waals surface area (Å²) in [5.41, 5.74) is 5.39. The molecule has 0 aromatic rings. The Bertz CT molecular complexity index is 66.3. The standard InChI is InChI=1S/C5H8N/c6-5-3-1-2-4-5/h1,3-5H,2,6H2. The van der Waals surface area contributed by atoms with Gasteiger partial charge >= 0.3 is 0 Å². The average Bonchev–Trinajstić information content (AvgIpc) is 1.86. The normalized spacial score (nSPS) is 31.8. The quantitative estimate of drug-likeness (QED) is 0.422. The Balaban J connectivity index is 2.38. The molecule has 0 amide bonds. The van der Waals surface area contributed by atoms with E-state index in [4.69, 9.17) is 5.73 Å². The fraction of sp³-hybridized carbons (Fsp3) is 0.400. The SMILES string of the molecule is NC1[CH]CC=C1. The van der Waals surface area contributed by atoms with Crippen LogP contribution >= 0.6 is 0 Å². The maximum Gasteiger partial charge on any atom is 0.0258 e. The summed E-state index contributed by atoms with van der Waals surface area (Å²) in [6.45, 7) is 0. The Kier molecular flexibility index (Phi) is 0.926. The summed E-state index contributed by atoms with van der Waals surface area (Å²) in [6, 6.07) is 0.241. The van der Waals surface area contributed by atoms with E-state index < -0.39 is 0 Å². The molecule has 1 aliphatic rings. The van der Waals surface area contributed by atoms with E-state index in [0.717, 1.165) is 6.42 Å². The van der Waals surface area contributed by atoms with Crippen molar-refractivity contribution in [2.75, 3.05) is 0 Å². The molecule has 33 valence electrons. The number of hydrogen-bond acceptors (Lipinski definition) is 1. The number of allylic oxidation sites excluding steroid dienone is 1. The molecular formula is C5H8N. The van der Waals surface area contributed by atoms with E-state index in [2.05, 4.69) is 12.5 Å². The molecule has 1 unspecified atom stereocenters. The van der Waals surface area contributed by atoms with Gasteiger partial charge in [-0.3, -0.25) is 0 Å². The Hall–Kier alpha value is -0.300. The summed E-state index contributed by atoms with van der Waals surface area (Å²) in [7, 11) is 0. The molecule has 0 aromatic heterocycles. The van der Waals surface area contributed by atoms with E-state index in [1.54, 1.807) is 0 Å². The molecule has 1 radical (unpaired) electrons. The Morgan fingerprint density at radius 2 is 2.50 bits per heavy atom. The largest absolute Gasteiger partial charge is 0.324 e. The van der Waals surface area contributed by atoms with Crippen molar-refractivity contribution >= 4 is 0 Å². The minimum Gasteiger partial charge on any atom is -0.324 e. The lowest BCUT2D eigenvalue weighted by molar-refractivity contribution is 0.957. The molecule has 0 saturated heterocycles. The van der Waals surface area contributed by atoms with E-state index in [1.165, 1.54) is 0 Å². The summed E-state index contributed by atoms with van der Waals surface area (Å²) in [6.07, 6.45) is 7.20. The highest BCUT2D eigenvalue weighted by Gasteiger charge is 1.99. The van der Waals surface area contributed by atoms with Crippen LogP contribution in [-0.4, -0.2) is 6.04 Å². The molecular weight excluding hydrogens is 74.1 g/mol. The minimum atomic E-state index is 0.241. The minimum absolute atomic E-state index is 0.241. The molecule has 0 aliphatic heterocycles. The van der Waals surface area contributed by atoms with Crippen LogP contribution in [0.25, 0.3) is 0 Å². The summed E-state index contributed by atoms with van der Waals surface area (Å²) in [5, 5.41) is 0. The highest BCUT2D eigenvalue weighted by atomic mass is 14.6. The molecule has 0 saturated carbocycles. The van der Waals surface area contributed by atoms with Crippen LogP contribution in [0.2, 0.25) is 0 Å². The second kappa shape index (κ2) is 1.43. The lowest BCUT2D eigenvalue weighted by Crippen LogP contribution is -2.12. The van der Waals surface area contributed by atoms with E-state index in [9.17, 15) is 0 Å². The summed E-state index contributed by atoms with van der Waals surface area (Å²) >= 11 is 0. The van der Waals surface area contributed by atoms with Crippen molar-refractivity contribution < 1.29 is 0 Å². The molecule has 0 aromatic carbocycles. The molecule has 1 aliphatic carbocycles. The second-order valence-corrected chi connectivity index (χ2v) is 1.48. The van der Waals surface area contributed by atoms with Gasteiger partial charge in [0.05, 0.1) is 0 Å². The molecule has 2 N–H and O–H groups in total. The van der Waals surface area contributed by atoms with E-state index in [1.807, 2.05) is 6.08 Å². The summed E-state index contributed by atoms with van der Waals surface area (Å²) in [4.78, 5) is 0. The van der Waals surface area contributed by atoms with Crippen molar-refractivity contribution in [2.45, 2.75) is 12.5 Å². The first-order valence-corrected chi connectivity index (χ1v) is 2.15. The van der Waals surface area contributed by atoms with Crippen LogP contribution in [0.5, 0.6) is 0 Å². The highest BCUT2D eigenvalue weighted by Crippen LogP contribution is 2.03. The lowest BCUT2D eigenvalue weighted by atomic mass is 10.3. The number of nitrogens with two attached hydrogens (primary N) is 1. The molecule has 0 heterocycles. The van der Waals surface area contributed by atoms with Gasteiger partial charge in [0.25, 0.3) is 0 Å². The van der Waals surface area contributed by atoms with Crippen LogP contribution in [0.3, 0.4) is 0 Å². The van der Waals surface area contributed by atoms with Gasteiger partial charge in [0, 0.05) is 6.04 Å². The van der Waals surface area contributed by atoms with Gasteiger partial charge in [0.2, 0.25) is 0 Å². The summed E-state index contributed by atoms with van der Waals surface area (Å²) < 4.78 is 0. The van der Waals surface area contributed by atoms with Crippen LogP contribution in [0.4, 0.5) is 0 Å². The third-order valence-corrected chi connectivity index (χ3v) is 0.903. The van der Waals surface area contributed by atoms with Crippen LogP contribution < -0.4 is 5.73 Å². The zero-order valence-corrected chi connectivity index (χ0v) is 3.59. The third kappa shape index (κ3) is 0.601. The third-order valence-electron chi connectivity index (χ3n) is 0.903. The van der Waals surface area contributed by atoms with Crippen LogP contribution in [-0.2, 0) is 0 Å². The van der Waals surface area contributed by atoms with Gasteiger partial charge in [-0.2, -0.15) is 0 Å². The first kappa shape index (κ1) is 3.88. The van der Waals surface area contributed by atoms with Crippen LogP contribution in [0, 0.1) is 6.42 Å². The van der Waals surface area contributed by atoms with E-state index in [0.29, 0.717) is 0 Å². The van der Waals surface area contributed by atoms with E-state index >= 15 is 0 Å². The van der Waals surface area contributed by atoms with Crippen molar-refractivity contribution in [3.8, 4) is 0 Å². The molecule has 0 fully saturated rings. The Morgan fingerprint density at radius 3 is 2.67 bits per heavy atom. The molecule has 1 atom stereocenters. The molecule has 1 rings (SSSR count). The molecule has 6 heavy (non-hydrogen) atoms. The van der Waals surface area contributed by atoms with Crippen molar-refractivity contribution in [1.29, 1.82) is 0 Å². The van der Waals surface area contributed by atoms with Gasteiger partial charge in [-0.25, -0.2) is 0 Å². The van der Waals surface area contributed by atoms with Gasteiger partial charge in [-0.1, -0.05) is 12.2 Å². The first-order valence-electron chi connectivity index (χ1n) is 2.15. The van der Waals surface area contributed by atoms with E-state index in [-0.39, 0.29) is 6.04 Å². The fourth-order valence-electron chi connectivity index (χ4n) is 0.550. The van der Waals surface area contributed by atoms with Crippen molar-refractivity contribution in [3.63, 3.8) is 0 Å². The number of rotatable bonds is 0. The highest BCUT2D eigenvalue weighted by molar-refractivity contribution is 5.09. The smallest absolute Gasteiger partial charge is 0.0258 e. The predicted molar refractivity (Wildman–Crippen MR) is 26.0 cm³/mol. The predicted octanol–water partition coefficient (Wildman–Crippen LogP) is 0.478. The molecule has 1 nitrogen and oxygen atoms in total. The Labute approximate surface area is 37.8 Å². The topological polar surface area (TPSA) is 26.0 Å². The van der Waals surface area contributed by atoms with Crippen LogP contribution in [0.15, 0.2) is 12.2 Å². The van der Waals surface area contributed by atoms with Crippen molar-refractivity contribution in [3.05, 3.63) is 18.6 Å². The first-order chi connectivity index (χ1) is 2.89.